The van der Waals surface area contributed by atoms with E-state index in [1.807, 2.05) is 0 Å². The minimum atomic E-state index is -3.79. The molecule has 0 unspecified atom stereocenters. The molecule has 0 atom stereocenters. The second kappa shape index (κ2) is 5.81. The quantitative estimate of drug-likeness (QED) is 0.683. The molecule has 8 heteroatoms. The van der Waals surface area contributed by atoms with Crippen LogP contribution < -0.4 is 5.73 Å². The first-order valence-corrected chi connectivity index (χ1v) is 6.12. The standard InChI is InChI=1S/C10H9N4O2S.Cu/c11-8-2-4-9(5-3-8)17(15,16)14-10-12-6-1-7-13-10;/h1-7H,11H2;/q-1;+1. The second-order valence-electron chi connectivity index (χ2n) is 3.18. The first-order chi connectivity index (χ1) is 8.08. The third-order valence-electron chi connectivity index (χ3n) is 1.93. The molecule has 1 aromatic carbocycles. The predicted octanol–water partition coefficient (Wildman–Crippen LogP) is 1.45. The SMILES string of the molecule is Nc1ccc(S(=O)(=O)[N-]c2ncccn2)cc1.[Cu+]. The van der Waals surface area contributed by atoms with E-state index in [0.29, 0.717) is 5.69 Å². The van der Waals surface area contributed by atoms with E-state index in [-0.39, 0.29) is 27.9 Å². The number of sulfonamides is 1. The second-order valence-corrected chi connectivity index (χ2v) is 4.79. The number of nitrogens with two attached hydrogens (primary N) is 1. The third kappa shape index (κ3) is 3.43. The van der Waals surface area contributed by atoms with E-state index in [1.165, 1.54) is 36.7 Å². The van der Waals surface area contributed by atoms with Crippen LogP contribution in [0.2, 0.25) is 0 Å². The molecule has 0 saturated heterocycles. The van der Waals surface area contributed by atoms with Gasteiger partial charge in [0.25, 0.3) is 0 Å². The minimum absolute atomic E-state index is 0. The van der Waals surface area contributed by atoms with Gasteiger partial charge in [-0.05, 0) is 36.7 Å². The third-order valence-corrected chi connectivity index (χ3v) is 3.20. The van der Waals surface area contributed by atoms with Crippen LogP contribution in [0.3, 0.4) is 0 Å². The summed E-state index contributed by atoms with van der Waals surface area (Å²) in [5, 5.41) is 0. The Labute approximate surface area is 115 Å². The van der Waals surface area contributed by atoms with E-state index < -0.39 is 10.0 Å². The number of aromatic nitrogens is 2. The fourth-order valence-electron chi connectivity index (χ4n) is 1.14. The summed E-state index contributed by atoms with van der Waals surface area (Å²) in [6, 6.07) is 7.34. The van der Waals surface area contributed by atoms with Gasteiger partial charge in [-0.15, -0.1) is 0 Å². The van der Waals surface area contributed by atoms with Gasteiger partial charge in [-0.3, -0.25) is 4.72 Å². The molecule has 0 bridgehead atoms. The number of hydrogen-bond acceptors (Lipinski definition) is 5. The van der Waals surface area contributed by atoms with Gasteiger partial charge in [0, 0.05) is 11.6 Å². The fourth-order valence-corrected chi connectivity index (χ4v) is 2.03. The van der Waals surface area contributed by atoms with Crippen LogP contribution in [0.5, 0.6) is 0 Å². The van der Waals surface area contributed by atoms with E-state index in [1.54, 1.807) is 6.07 Å². The molecule has 18 heavy (non-hydrogen) atoms. The van der Waals surface area contributed by atoms with Crippen LogP contribution in [0.4, 0.5) is 11.6 Å². The molecule has 0 saturated carbocycles. The zero-order valence-corrected chi connectivity index (χ0v) is 10.7. The van der Waals surface area contributed by atoms with E-state index in [2.05, 4.69) is 14.7 Å². The molecule has 1 aromatic heterocycles. The van der Waals surface area contributed by atoms with E-state index >= 15 is 0 Å². The van der Waals surface area contributed by atoms with Crippen molar-refractivity contribution >= 4 is 21.7 Å². The summed E-state index contributed by atoms with van der Waals surface area (Å²) in [5.74, 6) is -0.0932. The van der Waals surface area contributed by atoms with Crippen LogP contribution >= 0.6 is 0 Å². The van der Waals surface area contributed by atoms with Gasteiger partial charge >= 0.3 is 17.1 Å². The Morgan fingerprint density at radius 2 is 1.61 bits per heavy atom. The summed E-state index contributed by atoms with van der Waals surface area (Å²) in [6.45, 7) is 0. The van der Waals surface area contributed by atoms with Gasteiger partial charge in [0.2, 0.25) is 10.0 Å². The molecule has 1 heterocycles. The molecule has 0 aliphatic heterocycles. The summed E-state index contributed by atoms with van der Waals surface area (Å²) in [6.07, 6.45) is 2.84. The number of benzene rings is 1. The number of hydrogen-bond donors (Lipinski definition) is 1. The largest absolute Gasteiger partial charge is 1.00 e. The number of nitrogens with zero attached hydrogens (tertiary/aromatic N) is 3. The van der Waals surface area contributed by atoms with Gasteiger partial charge in [0.15, 0.2) is 0 Å². The molecule has 0 spiro atoms. The van der Waals surface area contributed by atoms with Gasteiger partial charge in [0.1, 0.15) is 0 Å². The van der Waals surface area contributed by atoms with Crippen molar-refractivity contribution in [3.8, 4) is 0 Å². The van der Waals surface area contributed by atoms with Crippen molar-refractivity contribution in [1.82, 2.24) is 9.97 Å². The summed E-state index contributed by atoms with van der Waals surface area (Å²) in [7, 11) is -3.79. The molecule has 0 aliphatic rings. The predicted molar refractivity (Wildman–Crippen MR) is 63.1 cm³/mol. The monoisotopic (exact) mass is 312 g/mol. The molecule has 98 valence electrons. The molecular formula is C10H9CuN4O2S. The van der Waals surface area contributed by atoms with Crippen molar-refractivity contribution in [2.45, 2.75) is 4.90 Å². The zero-order valence-electron chi connectivity index (χ0n) is 8.99. The normalized spacial score (nSPS) is 10.4. The van der Waals surface area contributed by atoms with Crippen LogP contribution in [0.15, 0.2) is 47.6 Å². The van der Waals surface area contributed by atoms with Crippen molar-refractivity contribution in [3.63, 3.8) is 0 Å². The first kappa shape index (κ1) is 14.4. The summed E-state index contributed by atoms with van der Waals surface area (Å²) >= 11 is 0. The van der Waals surface area contributed by atoms with Crippen molar-refractivity contribution in [1.29, 1.82) is 0 Å². The Balaban J connectivity index is 0.00000162. The summed E-state index contributed by atoms with van der Waals surface area (Å²) < 4.78 is 27.2. The van der Waals surface area contributed by atoms with Crippen LogP contribution in [0.25, 0.3) is 4.72 Å². The summed E-state index contributed by atoms with van der Waals surface area (Å²) in [5.41, 5.74) is 5.96. The molecule has 0 radical (unpaired) electrons. The van der Waals surface area contributed by atoms with Crippen molar-refractivity contribution in [2.75, 3.05) is 5.73 Å². The number of nitrogen functional groups attached to an aromatic ring is 1. The minimum Gasteiger partial charge on any atom is -0.399 e. The fraction of sp³-hybridized carbons (Fsp3) is 0. The molecule has 0 fully saturated rings. The average Bonchev–Trinajstić information content (AvgIpc) is 2.30. The maximum Gasteiger partial charge on any atom is 1.00 e. The average molecular weight is 313 g/mol. The maximum atomic E-state index is 11.8. The molecule has 6 nitrogen and oxygen atoms in total. The van der Waals surface area contributed by atoms with Gasteiger partial charge < -0.3 is 15.7 Å². The zero-order chi connectivity index (χ0) is 12.3. The van der Waals surface area contributed by atoms with E-state index in [9.17, 15) is 8.42 Å². The Morgan fingerprint density at radius 1 is 1.06 bits per heavy atom. The first-order valence-electron chi connectivity index (χ1n) is 4.68. The molecule has 2 N–H and O–H groups in total. The molecule has 0 aliphatic carbocycles. The smallest absolute Gasteiger partial charge is 0.399 e. The summed E-state index contributed by atoms with van der Waals surface area (Å²) in [4.78, 5) is 7.51. The van der Waals surface area contributed by atoms with Gasteiger partial charge in [-0.25, -0.2) is 8.42 Å². The Kier molecular flexibility index (Phi) is 4.66. The van der Waals surface area contributed by atoms with Crippen molar-refractivity contribution in [3.05, 3.63) is 47.4 Å². The topological polar surface area (TPSA) is 100 Å². The Bertz CT molecular complexity index is 602. The van der Waals surface area contributed by atoms with Crippen LogP contribution in [-0.4, -0.2) is 18.4 Å². The Hall–Kier alpha value is -1.63. The number of anilines is 1. The van der Waals surface area contributed by atoms with E-state index in [4.69, 9.17) is 5.73 Å². The molecule has 2 aromatic rings. The molecule has 2 rings (SSSR count). The van der Waals surface area contributed by atoms with E-state index in [0.717, 1.165) is 0 Å². The molecule has 0 amide bonds. The van der Waals surface area contributed by atoms with Gasteiger partial charge in [-0.1, -0.05) is 6.07 Å². The number of rotatable bonds is 3. The van der Waals surface area contributed by atoms with Gasteiger partial charge in [-0.2, -0.15) is 0 Å². The molecular weight excluding hydrogens is 304 g/mol. The van der Waals surface area contributed by atoms with Crippen LogP contribution in [-0.2, 0) is 27.1 Å². The van der Waals surface area contributed by atoms with Crippen molar-refractivity contribution in [2.24, 2.45) is 0 Å². The van der Waals surface area contributed by atoms with Crippen molar-refractivity contribution < 1.29 is 25.5 Å². The van der Waals surface area contributed by atoms with Crippen LogP contribution in [0, 0.1) is 0 Å². The Morgan fingerprint density at radius 3 is 2.17 bits per heavy atom. The maximum absolute atomic E-state index is 11.8. The van der Waals surface area contributed by atoms with Crippen LogP contribution in [0.1, 0.15) is 0 Å². The van der Waals surface area contributed by atoms with Gasteiger partial charge in [0.05, 0.1) is 4.90 Å².